The number of aromatic nitrogens is 2. The Morgan fingerprint density at radius 2 is 2.27 bits per heavy atom. The van der Waals surface area contributed by atoms with Crippen molar-refractivity contribution in [2.24, 2.45) is 0 Å². The van der Waals surface area contributed by atoms with E-state index in [-0.39, 0.29) is 11.9 Å². The molecule has 3 rings (SSSR count). The fourth-order valence-electron chi connectivity index (χ4n) is 3.32. The van der Waals surface area contributed by atoms with Gasteiger partial charge in [0, 0.05) is 43.8 Å². The molecular formula is C18H27N5O2S. The first kappa shape index (κ1) is 18.8. The third-order valence-corrected chi connectivity index (χ3v) is 5.51. The van der Waals surface area contributed by atoms with Gasteiger partial charge in [-0.2, -0.15) is 0 Å². The van der Waals surface area contributed by atoms with Gasteiger partial charge in [0.2, 0.25) is 5.91 Å². The molecule has 1 amide bonds. The second-order valence-corrected chi connectivity index (χ2v) is 7.53. The van der Waals surface area contributed by atoms with Crippen LogP contribution in [0.3, 0.4) is 0 Å². The molecule has 1 saturated heterocycles. The Kier molecular flexibility index (Phi) is 6.62. The largest absolute Gasteiger partial charge is 0.360 e. The van der Waals surface area contributed by atoms with Gasteiger partial charge in [0.1, 0.15) is 5.76 Å². The summed E-state index contributed by atoms with van der Waals surface area (Å²) in [5.74, 6) is 1.20. The van der Waals surface area contributed by atoms with Crippen LogP contribution < -0.4 is 10.2 Å². The molecule has 1 unspecified atom stereocenters. The lowest BCUT2D eigenvalue weighted by Crippen LogP contribution is -2.45. The van der Waals surface area contributed by atoms with E-state index in [0.29, 0.717) is 11.6 Å². The lowest BCUT2D eigenvalue weighted by Gasteiger charge is -2.29. The van der Waals surface area contributed by atoms with Crippen LogP contribution >= 0.6 is 11.3 Å². The topological polar surface area (TPSA) is 74.5 Å². The van der Waals surface area contributed by atoms with E-state index in [9.17, 15) is 4.79 Å². The molecule has 0 bridgehead atoms. The first-order valence-electron chi connectivity index (χ1n) is 9.30. The molecule has 1 N–H and O–H groups in total. The fraction of sp³-hybridized carbons (Fsp3) is 0.611. The molecule has 1 atom stereocenters. The van der Waals surface area contributed by atoms with Gasteiger partial charge in [-0.1, -0.05) is 24.9 Å². The SMILES string of the molecule is CCCCC(C(=O)Nc1cc(C)on1)N1CCCN(c2nccs2)CC1. The first-order chi connectivity index (χ1) is 12.7. The van der Waals surface area contributed by atoms with E-state index in [1.807, 2.05) is 18.5 Å². The van der Waals surface area contributed by atoms with Crippen LogP contribution in [0.5, 0.6) is 0 Å². The molecule has 1 fully saturated rings. The summed E-state index contributed by atoms with van der Waals surface area (Å²) >= 11 is 1.67. The number of amides is 1. The number of rotatable bonds is 7. The molecule has 0 spiro atoms. The summed E-state index contributed by atoms with van der Waals surface area (Å²) in [7, 11) is 0. The normalized spacial score (nSPS) is 17.1. The van der Waals surface area contributed by atoms with Crippen LogP contribution in [0.2, 0.25) is 0 Å². The van der Waals surface area contributed by atoms with Crippen molar-refractivity contribution in [3.63, 3.8) is 0 Å². The van der Waals surface area contributed by atoms with Gasteiger partial charge in [-0.3, -0.25) is 9.69 Å². The number of hydrogen-bond acceptors (Lipinski definition) is 7. The van der Waals surface area contributed by atoms with E-state index in [1.165, 1.54) is 0 Å². The number of thiazole rings is 1. The summed E-state index contributed by atoms with van der Waals surface area (Å²) < 4.78 is 5.06. The minimum atomic E-state index is -0.136. The molecule has 0 aromatic carbocycles. The zero-order valence-electron chi connectivity index (χ0n) is 15.5. The second kappa shape index (κ2) is 9.14. The highest BCUT2D eigenvalue weighted by Gasteiger charge is 2.28. The summed E-state index contributed by atoms with van der Waals surface area (Å²) in [6, 6.07) is 1.62. The van der Waals surface area contributed by atoms with Crippen molar-refractivity contribution < 1.29 is 9.32 Å². The number of unbranched alkanes of at least 4 members (excludes halogenated alkanes) is 1. The van der Waals surface area contributed by atoms with E-state index < -0.39 is 0 Å². The molecule has 0 saturated carbocycles. The van der Waals surface area contributed by atoms with Crippen LogP contribution in [-0.2, 0) is 4.79 Å². The van der Waals surface area contributed by atoms with Crippen molar-refractivity contribution in [3.05, 3.63) is 23.4 Å². The minimum absolute atomic E-state index is 0.00875. The zero-order valence-corrected chi connectivity index (χ0v) is 16.3. The van der Waals surface area contributed by atoms with E-state index in [4.69, 9.17) is 4.52 Å². The number of anilines is 2. The molecule has 3 heterocycles. The lowest BCUT2D eigenvalue weighted by molar-refractivity contribution is -0.121. The molecule has 7 nitrogen and oxygen atoms in total. The molecule has 1 aliphatic heterocycles. The smallest absolute Gasteiger partial charge is 0.242 e. The van der Waals surface area contributed by atoms with Crippen LogP contribution in [-0.4, -0.2) is 53.2 Å². The Labute approximate surface area is 158 Å². The molecule has 0 radical (unpaired) electrons. The van der Waals surface area contributed by atoms with Gasteiger partial charge in [-0.05, 0) is 19.8 Å². The highest BCUT2D eigenvalue weighted by Crippen LogP contribution is 2.21. The number of aryl methyl sites for hydroxylation is 1. The zero-order chi connectivity index (χ0) is 18.4. The molecule has 2 aromatic rings. The molecule has 26 heavy (non-hydrogen) atoms. The Morgan fingerprint density at radius 1 is 1.38 bits per heavy atom. The van der Waals surface area contributed by atoms with Crippen molar-refractivity contribution in [1.82, 2.24) is 15.0 Å². The van der Waals surface area contributed by atoms with Crippen LogP contribution in [0.1, 0.15) is 38.4 Å². The molecular weight excluding hydrogens is 350 g/mol. The average molecular weight is 378 g/mol. The number of carbonyl (C=O) groups excluding carboxylic acids is 1. The minimum Gasteiger partial charge on any atom is -0.360 e. The predicted molar refractivity (Wildman–Crippen MR) is 104 cm³/mol. The molecule has 2 aromatic heterocycles. The number of hydrogen-bond donors (Lipinski definition) is 1. The van der Waals surface area contributed by atoms with Crippen molar-refractivity contribution in [2.45, 2.75) is 45.6 Å². The van der Waals surface area contributed by atoms with Crippen molar-refractivity contribution in [1.29, 1.82) is 0 Å². The molecule has 1 aliphatic rings. The van der Waals surface area contributed by atoms with Crippen LogP contribution in [0.4, 0.5) is 10.9 Å². The van der Waals surface area contributed by atoms with Gasteiger partial charge < -0.3 is 14.7 Å². The summed E-state index contributed by atoms with van der Waals surface area (Å²) in [4.78, 5) is 21.9. The monoisotopic (exact) mass is 377 g/mol. The molecule has 142 valence electrons. The van der Waals surface area contributed by atoms with E-state index in [0.717, 1.165) is 57.0 Å². The van der Waals surface area contributed by atoms with Gasteiger partial charge in [-0.15, -0.1) is 11.3 Å². The van der Waals surface area contributed by atoms with Crippen molar-refractivity contribution in [3.8, 4) is 0 Å². The summed E-state index contributed by atoms with van der Waals surface area (Å²) in [6.45, 7) is 7.63. The maximum Gasteiger partial charge on any atom is 0.242 e. The quantitative estimate of drug-likeness (QED) is 0.799. The summed E-state index contributed by atoms with van der Waals surface area (Å²) in [6.07, 6.45) is 5.84. The lowest BCUT2D eigenvalue weighted by atomic mass is 10.1. The van der Waals surface area contributed by atoms with Gasteiger partial charge in [0.25, 0.3) is 0 Å². The maximum absolute atomic E-state index is 12.9. The van der Waals surface area contributed by atoms with Gasteiger partial charge >= 0.3 is 0 Å². The Hall–Kier alpha value is -1.93. The van der Waals surface area contributed by atoms with Crippen molar-refractivity contribution >= 4 is 28.2 Å². The van der Waals surface area contributed by atoms with Gasteiger partial charge in [-0.25, -0.2) is 4.98 Å². The summed E-state index contributed by atoms with van der Waals surface area (Å²) in [5.41, 5.74) is 0. The standard InChI is InChI=1S/C18H27N5O2S/c1-3-4-6-15(17(24)20-16-13-14(2)25-21-16)22-8-5-9-23(11-10-22)18-19-7-12-26-18/h7,12-13,15H,3-6,8-11H2,1-2H3,(H,20,21,24). The van der Waals surface area contributed by atoms with Crippen LogP contribution in [0.25, 0.3) is 0 Å². The van der Waals surface area contributed by atoms with Crippen LogP contribution in [0.15, 0.2) is 22.2 Å². The average Bonchev–Trinajstić information content (AvgIpc) is 3.23. The number of nitrogens with zero attached hydrogens (tertiary/aromatic N) is 4. The van der Waals surface area contributed by atoms with Crippen molar-refractivity contribution in [2.75, 3.05) is 36.4 Å². The number of nitrogens with one attached hydrogen (secondary N) is 1. The van der Waals surface area contributed by atoms with E-state index >= 15 is 0 Å². The fourth-order valence-corrected chi connectivity index (χ4v) is 4.02. The third kappa shape index (κ3) is 4.82. The molecule has 8 heteroatoms. The Morgan fingerprint density at radius 3 is 2.96 bits per heavy atom. The van der Waals surface area contributed by atoms with Crippen LogP contribution in [0, 0.1) is 6.92 Å². The van der Waals surface area contributed by atoms with E-state index in [2.05, 4.69) is 32.2 Å². The molecule has 0 aliphatic carbocycles. The Balaban J connectivity index is 1.65. The predicted octanol–water partition coefficient (Wildman–Crippen LogP) is 3.15. The van der Waals surface area contributed by atoms with Gasteiger partial charge in [0.15, 0.2) is 10.9 Å². The third-order valence-electron chi connectivity index (χ3n) is 4.67. The maximum atomic E-state index is 12.9. The number of carbonyl (C=O) groups is 1. The highest BCUT2D eigenvalue weighted by atomic mass is 32.1. The van der Waals surface area contributed by atoms with Gasteiger partial charge in [0.05, 0.1) is 6.04 Å². The Bertz CT molecular complexity index is 688. The highest BCUT2D eigenvalue weighted by molar-refractivity contribution is 7.13. The first-order valence-corrected chi connectivity index (χ1v) is 10.2. The second-order valence-electron chi connectivity index (χ2n) is 6.66. The van der Waals surface area contributed by atoms with E-state index in [1.54, 1.807) is 17.4 Å². The summed E-state index contributed by atoms with van der Waals surface area (Å²) in [5, 5.41) is 9.88.